The molecule has 1 aliphatic heterocycles. The van der Waals surface area contributed by atoms with E-state index in [-0.39, 0.29) is 12.4 Å². The van der Waals surface area contributed by atoms with Crippen LogP contribution in [0.1, 0.15) is 19.8 Å². The molecular formula is C10H19NO3S. The molecule has 88 valence electrons. The van der Waals surface area contributed by atoms with Crippen molar-refractivity contribution in [3.63, 3.8) is 0 Å². The molecule has 0 aromatic carbocycles. The Labute approximate surface area is 94.8 Å². The lowest BCUT2D eigenvalue weighted by atomic mass is 10.2. The Morgan fingerprint density at radius 1 is 1.73 bits per heavy atom. The largest absolute Gasteiger partial charge is 0.466 e. The minimum Gasteiger partial charge on any atom is -0.466 e. The second kappa shape index (κ2) is 7.09. The van der Waals surface area contributed by atoms with Crippen LogP contribution < -0.4 is 5.32 Å². The predicted octanol–water partition coefficient (Wildman–Crippen LogP) is 0.396. The van der Waals surface area contributed by atoms with Gasteiger partial charge in [0.15, 0.2) is 0 Å². The molecule has 1 fully saturated rings. The summed E-state index contributed by atoms with van der Waals surface area (Å²) < 4.78 is 4.75. The van der Waals surface area contributed by atoms with E-state index in [9.17, 15) is 9.90 Å². The highest BCUT2D eigenvalue weighted by molar-refractivity contribution is 7.99. The number of ether oxygens (including phenoxy) is 1. The van der Waals surface area contributed by atoms with Crippen LogP contribution in [0.4, 0.5) is 0 Å². The Bertz CT molecular complexity index is 195. The summed E-state index contributed by atoms with van der Waals surface area (Å²) in [5.41, 5.74) is 0. The van der Waals surface area contributed by atoms with Gasteiger partial charge in [-0.1, -0.05) is 0 Å². The lowest BCUT2D eigenvalue weighted by Gasteiger charge is -2.14. The molecular weight excluding hydrogens is 214 g/mol. The summed E-state index contributed by atoms with van der Waals surface area (Å²) in [5, 5.41) is 12.8. The van der Waals surface area contributed by atoms with E-state index >= 15 is 0 Å². The Morgan fingerprint density at radius 2 is 2.53 bits per heavy atom. The number of aliphatic hydroxyl groups excluding tert-OH is 1. The SMILES string of the molecule is CCOC(=O)CC(O)CNC1CCSC1. The zero-order chi connectivity index (χ0) is 11.1. The van der Waals surface area contributed by atoms with Gasteiger partial charge < -0.3 is 15.2 Å². The minimum absolute atomic E-state index is 0.0840. The molecule has 0 amide bonds. The van der Waals surface area contributed by atoms with Crippen molar-refractivity contribution in [3.8, 4) is 0 Å². The van der Waals surface area contributed by atoms with Crippen LogP contribution in [-0.4, -0.2) is 47.9 Å². The van der Waals surface area contributed by atoms with Gasteiger partial charge in [0.2, 0.25) is 0 Å². The van der Waals surface area contributed by atoms with Gasteiger partial charge in [-0.3, -0.25) is 4.79 Å². The Kier molecular flexibility index (Phi) is 6.05. The lowest BCUT2D eigenvalue weighted by Crippen LogP contribution is -2.36. The third-order valence-corrected chi connectivity index (χ3v) is 3.44. The second-order valence-electron chi connectivity index (χ2n) is 3.63. The van der Waals surface area contributed by atoms with Crippen molar-refractivity contribution in [1.82, 2.24) is 5.32 Å². The Hall–Kier alpha value is -0.260. The first kappa shape index (κ1) is 12.8. The van der Waals surface area contributed by atoms with Gasteiger partial charge in [0.25, 0.3) is 0 Å². The molecule has 1 rings (SSSR count). The number of carbonyl (C=O) groups is 1. The van der Waals surface area contributed by atoms with Crippen LogP contribution in [0.25, 0.3) is 0 Å². The van der Waals surface area contributed by atoms with Crippen molar-refractivity contribution in [3.05, 3.63) is 0 Å². The van der Waals surface area contributed by atoms with Gasteiger partial charge in [-0.05, 0) is 19.1 Å². The molecule has 0 saturated carbocycles. The van der Waals surface area contributed by atoms with Crippen molar-refractivity contribution in [2.75, 3.05) is 24.7 Å². The summed E-state index contributed by atoms with van der Waals surface area (Å²) >= 11 is 1.92. The fourth-order valence-corrected chi connectivity index (χ4v) is 2.67. The van der Waals surface area contributed by atoms with Crippen LogP contribution in [0.5, 0.6) is 0 Å². The second-order valence-corrected chi connectivity index (χ2v) is 4.78. The molecule has 15 heavy (non-hydrogen) atoms. The molecule has 4 nitrogen and oxygen atoms in total. The molecule has 0 radical (unpaired) electrons. The van der Waals surface area contributed by atoms with E-state index in [0.29, 0.717) is 19.2 Å². The van der Waals surface area contributed by atoms with Gasteiger partial charge in [0.05, 0.1) is 19.1 Å². The summed E-state index contributed by atoms with van der Waals surface area (Å²) in [7, 11) is 0. The highest BCUT2D eigenvalue weighted by Gasteiger charge is 2.17. The molecule has 2 atom stereocenters. The Balaban J connectivity index is 2.06. The number of hydrogen-bond donors (Lipinski definition) is 2. The quantitative estimate of drug-likeness (QED) is 0.650. The van der Waals surface area contributed by atoms with Gasteiger partial charge in [0.1, 0.15) is 0 Å². The van der Waals surface area contributed by atoms with Crippen LogP contribution in [0.3, 0.4) is 0 Å². The number of nitrogens with one attached hydrogen (secondary N) is 1. The fraction of sp³-hybridized carbons (Fsp3) is 0.900. The molecule has 0 aliphatic carbocycles. The molecule has 0 aromatic heterocycles. The molecule has 1 heterocycles. The van der Waals surface area contributed by atoms with Gasteiger partial charge in [0, 0.05) is 18.3 Å². The standard InChI is InChI=1S/C10H19NO3S/c1-2-14-10(13)5-9(12)6-11-8-3-4-15-7-8/h8-9,11-12H,2-7H2,1H3. The smallest absolute Gasteiger partial charge is 0.308 e. The topological polar surface area (TPSA) is 58.6 Å². The van der Waals surface area contributed by atoms with Crippen LogP contribution >= 0.6 is 11.8 Å². The maximum absolute atomic E-state index is 11.0. The van der Waals surface area contributed by atoms with E-state index in [1.54, 1.807) is 6.92 Å². The number of carbonyl (C=O) groups excluding carboxylic acids is 1. The Morgan fingerprint density at radius 3 is 3.13 bits per heavy atom. The van der Waals surface area contributed by atoms with Crippen LogP contribution in [0.15, 0.2) is 0 Å². The van der Waals surface area contributed by atoms with Crippen molar-refractivity contribution in [2.24, 2.45) is 0 Å². The zero-order valence-electron chi connectivity index (χ0n) is 9.07. The molecule has 5 heteroatoms. The summed E-state index contributed by atoms with van der Waals surface area (Å²) in [6.07, 6.45) is 0.604. The number of rotatable bonds is 6. The predicted molar refractivity (Wildman–Crippen MR) is 61.0 cm³/mol. The summed E-state index contributed by atoms with van der Waals surface area (Å²) in [6, 6.07) is 0.492. The molecule has 0 spiro atoms. The van der Waals surface area contributed by atoms with Crippen molar-refractivity contribution < 1.29 is 14.6 Å². The average molecular weight is 233 g/mol. The van der Waals surface area contributed by atoms with E-state index in [1.807, 2.05) is 11.8 Å². The molecule has 1 aliphatic rings. The summed E-state index contributed by atoms with van der Waals surface area (Å²) in [4.78, 5) is 11.0. The molecule has 1 saturated heterocycles. The monoisotopic (exact) mass is 233 g/mol. The van der Waals surface area contributed by atoms with E-state index in [4.69, 9.17) is 4.74 Å². The van der Waals surface area contributed by atoms with Crippen LogP contribution in [0, 0.1) is 0 Å². The first-order valence-electron chi connectivity index (χ1n) is 5.37. The van der Waals surface area contributed by atoms with Crippen LogP contribution in [0.2, 0.25) is 0 Å². The number of thioether (sulfide) groups is 1. The van der Waals surface area contributed by atoms with Crippen molar-refractivity contribution in [2.45, 2.75) is 31.9 Å². The number of hydrogen-bond acceptors (Lipinski definition) is 5. The van der Waals surface area contributed by atoms with Gasteiger partial charge in [-0.25, -0.2) is 0 Å². The van der Waals surface area contributed by atoms with Crippen LogP contribution in [-0.2, 0) is 9.53 Å². The summed E-state index contributed by atoms with van der Waals surface area (Å²) in [5.74, 6) is 1.96. The molecule has 2 unspecified atom stereocenters. The van der Waals surface area contributed by atoms with Crippen molar-refractivity contribution >= 4 is 17.7 Å². The first-order chi connectivity index (χ1) is 7.22. The van der Waals surface area contributed by atoms with E-state index < -0.39 is 6.10 Å². The molecule has 2 N–H and O–H groups in total. The lowest BCUT2D eigenvalue weighted by molar-refractivity contribution is -0.145. The maximum atomic E-state index is 11.0. The highest BCUT2D eigenvalue weighted by atomic mass is 32.2. The van der Waals surface area contributed by atoms with Gasteiger partial charge in [-0.2, -0.15) is 11.8 Å². The molecule has 0 bridgehead atoms. The van der Waals surface area contributed by atoms with E-state index in [0.717, 1.165) is 12.2 Å². The minimum atomic E-state index is -0.630. The number of aliphatic hydroxyl groups is 1. The maximum Gasteiger partial charge on any atom is 0.308 e. The number of esters is 1. The van der Waals surface area contributed by atoms with Gasteiger partial charge in [-0.15, -0.1) is 0 Å². The molecule has 0 aromatic rings. The van der Waals surface area contributed by atoms with E-state index in [2.05, 4.69) is 5.32 Å². The summed E-state index contributed by atoms with van der Waals surface area (Å²) in [6.45, 7) is 2.61. The first-order valence-corrected chi connectivity index (χ1v) is 6.52. The normalized spacial score (nSPS) is 22.7. The third kappa shape index (κ3) is 5.39. The fourth-order valence-electron chi connectivity index (χ4n) is 1.48. The van der Waals surface area contributed by atoms with E-state index in [1.165, 1.54) is 5.75 Å². The van der Waals surface area contributed by atoms with Crippen molar-refractivity contribution in [1.29, 1.82) is 0 Å². The third-order valence-electron chi connectivity index (χ3n) is 2.28. The highest BCUT2D eigenvalue weighted by Crippen LogP contribution is 2.16. The van der Waals surface area contributed by atoms with Gasteiger partial charge >= 0.3 is 5.97 Å². The zero-order valence-corrected chi connectivity index (χ0v) is 9.89. The average Bonchev–Trinajstić information content (AvgIpc) is 2.67.